The molecule has 0 bridgehead atoms. The van der Waals surface area contributed by atoms with Crippen molar-refractivity contribution in [2.24, 2.45) is 10.9 Å². The fraction of sp³-hybridized carbons (Fsp3) is 0.391. The average molecular weight is 467 g/mol. The molecule has 3 heterocycles. The zero-order valence-corrected chi connectivity index (χ0v) is 19.4. The molecule has 2 atom stereocenters. The monoisotopic (exact) mass is 466 g/mol. The molecule has 0 saturated carbocycles. The lowest BCUT2D eigenvalue weighted by atomic mass is 9.97. The molecule has 172 valence electrons. The molecule has 0 spiro atoms. The van der Waals surface area contributed by atoms with Gasteiger partial charge in [-0.05, 0) is 30.2 Å². The number of aliphatic imine (C=N–C) groups is 1. The van der Waals surface area contributed by atoms with Crippen LogP contribution in [0.3, 0.4) is 0 Å². The van der Waals surface area contributed by atoms with E-state index in [1.807, 2.05) is 18.7 Å². The number of nitrogens with zero attached hydrogens (tertiary/aromatic N) is 5. The number of aromatic nitrogens is 1. The van der Waals surface area contributed by atoms with Crippen LogP contribution in [0, 0.1) is 17.2 Å². The fourth-order valence-corrected chi connectivity index (χ4v) is 5.32. The Morgan fingerprint density at radius 2 is 1.94 bits per heavy atom. The number of rotatable bonds is 5. The van der Waals surface area contributed by atoms with Crippen molar-refractivity contribution in [2.75, 3.05) is 31.1 Å². The number of amides is 1. The molecule has 4 rings (SSSR count). The number of hydrogen-bond donors (Lipinski definition) is 1. The van der Waals surface area contributed by atoms with E-state index in [-0.39, 0.29) is 22.6 Å². The van der Waals surface area contributed by atoms with Crippen LogP contribution in [-0.4, -0.2) is 62.3 Å². The summed E-state index contributed by atoms with van der Waals surface area (Å²) < 4.78 is 27.4. The van der Waals surface area contributed by atoms with Crippen molar-refractivity contribution >= 4 is 27.6 Å². The number of pyridine rings is 1. The second-order valence-electron chi connectivity index (χ2n) is 8.21. The Bertz CT molecular complexity index is 1230. The van der Waals surface area contributed by atoms with Gasteiger partial charge in [0.15, 0.2) is 0 Å². The van der Waals surface area contributed by atoms with Gasteiger partial charge in [-0.2, -0.15) is 5.26 Å². The van der Waals surface area contributed by atoms with E-state index in [0.29, 0.717) is 43.1 Å². The molecule has 0 radical (unpaired) electrons. The molecule has 1 aromatic heterocycles. The van der Waals surface area contributed by atoms with E-state index >= 15 is 0 Å². The summed E-state index contributed by atoms with van der Waals surface area (Å²) in [5.74, 6) is 0.653. The maximum atomic E-state index is 13.5. The van der Waals surface area contributed by atoms with Crippen molar-refractivity contribution in [3.8, 4) is 6.07 Å². The summed E-state index contributed by atoms with van der Waals surface area (Å²) in [5.41, 5.74) is 0.996. The molecule has 33 heavy (non-hydrogen) atoms. The van der Waals surface area contributed by atoms with Crippen molar-refractivity contribution in [3.63, 3.8) is 0 Å². The van der Waals surface area contributed by atoms with Crippen LogP contribution in [0.5, 0.6) is 0 Å². The predicted octanol–water partition coefficient (Wildman–Crippen LogP) is 1.76. The molecule has 2 aliphatic rings. The van der Waals surface area contributed by atoms with Gasteiger partial charge in [0.05, 0.1) is 10.5 Å². The smallest absolute Gasteiger partial charge is 0.263 e. The van der Waals surface area contributed by atoms with Gasteiger partial charge in [0.25, 0.3) is 10.0 Å². The highest BCUT2D eigenvalue weighted by Crippen LogP contribution is 2.25. The van der Waals surface area contributed by atoms with Crippen molar-refractivity contribution in [3.05, 3.63) is 53.7 Å². The number of sulfonamides is 1. The summed E-state index contributed by atoms with van der Waals surface area (Å²) in [6, 6.07) is 11.6. The Labute approximate surface area is 193 Å². The van der Waals surface area contributed by atoms with Crippen molar-refractivity contribution in [1.82, 2.24) is 14.6 Å². The quantitative estimate of drug-likeness (QED) is 0.717. The lowest BCUT2D eigenvalue weighted by Gasteiger charge is -2.37. The van der Waals surface area contributed by atoms with E-state index in [4.69, 9.17) is 0 Å². The van der Waals surface area contributed by atoms with Gasteiger partial charge in [-0.15, -0.1) is 0 Å². The van der Waals surface area contributed by atoms with Crippen LogP contribution in [0.15, 0.2) is 52.5 Å². The van der Waals surface area contributed by atoms with Gasteiger partial charge >= 0.3 is 0 Å². The van der Waals surface area contributed by atoms with Gasteiger partial charge in [-0.25, -0.2) is 13.4 Å². The number of fused-ring (bicyclic) bond motifs is 1. The molecule has 1 amide bonds. The van der Waals surface area contributed by atoms with E-state index in [0.717, 1.165) is 6.42 Å². The zero-order chi connectivity index (χ0) is 23.6. The molecule has 2 aromatic rings. The number of carbonyl (C=O) groups is 1. The number of nitriles is 1. The summed E-state index contributed by atoms with van der Waals surface area (Å²) in [6.07, 6.45) is 2.38. The van der Waals surface area contributed by atoms with Crippen LogP contribution in [0.4, 0.5) is 5.82 Å². The van der Waals surface area contributed by atoms with E-state index in [1.54, 1.807) is 41.4 Å². The Kier molecular flexibility index (Phi) is 6.33. The standard InChI is InChI=1S/C23H26N6O3S/c1-3-16(2)20(26-21-18-8-4-5-9-19(18)33(31,32)27-21)23(30)29-13-11-28(12-14-29)22-17(15-24)7-6-10-25-22/h4-10,16,20H,3,11-14H2,1-2H3,(H,26,27)/t16-,20-/m0/s1. The van der Waals surface area contributed by atoms with Crippen molar-refractivity contribution < 1.29 is 13.2 Å². The fourth-order valence-electron chi connectivity index (χ4n) is 4.08. The number of nitrogens with one attached hydrogen (secondary N) is 1. The molecule has 1 saturated heterocycles. The molecule has 0 unspecified atom stereocenters. The minimum Gasteiger partial charge on any atom is -0.352 e. The highest BCUT2D eigenvalue weighted by molar-refractivity contribution is 7.90. The first-order valence-electron chi connectivity index (χ1n) is 10.9. The lowest BCUT2D eigenvalue weighted by molar-refractivity contribution is -0.133. The van der Waals surface area contributed by atoms with Gasteiger partial charge in [0, 0.05) is 37.9 Å². The zero-order valence-electron chi connectivity index (χ0n) is 18.6. The summed E-state index contributed by atoms with van der Waals surface area (Å²) in [4.78, 5) is 26.4. The number of piperazine rings is 1. The third-order valence-corrected chi connectivity index (χ3v) is 7.56. The highest BCUT2D eigenvalue weighted by Gasteiger charge is 2.35. The first-order chi connectivity index (χ1) is 15.9. The maximum absolute atomic E-state index is 13.5. The average Bonchev–Trinajstić information content (AvgIpc) is 3.11. The minimum absolute atomic E-state index is 0.0683. The van der Waals surface area contributed by atoms with Crippen LogP contribution in [0.1, 0.15) is 31.4 Å². The Morgan fingerprint density at radius 1 is 1.21 bits per heavy atom. The van der Waals surface area contributed by atoms with E-state index in [1.165, 1.54) is 6.07 Å². The van der Waals surface area contributed by atoms with Crippen LogP contribution in [-0.2, 0) is 14.8 Å². The molecule has 1 aromatic carbocycles. The van der Waals surface area contributed by atoms with Gasteiger partial charge < -0.3 is 9.80 Å². The Morgan fingerprint density at radius 3 is 2.64 bits per heavy atom. The number of benzene rings is 1. The van der Waals surface area contributed by atoms with Gasteiger partial charge in [-0.3, -0.25) is 14.5 Å². The van der Waals surface area contributed by atoms with Gasteiger partial charge in [0.2, 0.25) is 5.91 Å². The molecular formula is C23H26N6O3S. The molecule has 9 nitrogen and oxygen atoms in total. The Balaban J connectivity index is 1.55. The van der Waals surface area contributed by atoms with E-state index < -0.39 is 16.1 Å². The number of amidine groups is 1. The first-order valence-corrected chi connectivity index (χ1v) is 12.4. The SMILES string of the molecule is CC[C@H](C)[C@H](N=C1NS(=O)(=O)c2ccccc21)C(=O)N1CCN(c2ncccc2C#N)CC1. The van der Waals surface area contributed by atoms with Crippen LogP contribution in [0.25, 0.3) is 0 Å². The normalized spacial score (nSPS) is 20.0. The number of carbonyl (C=O) groups excluding carboxylic acids is 1. The number of anilines is 1. The van der Waals surface area contributed by atoms with Crippen LogP contribution in [0.2, 0.25) is 0 Å². The third kappa shape index (κ3) is 4.41. The summed E-state index contributed by atoms with van der Waals surface area (Å²) in [7, 11) is -3.67. The van der Waals surface area contributed by atoms with Crippen LogP contribution < -0.4 is 9.62 Å². The van der Waals surface area contributed by atoms with Gasteiger partial charge in [-0.1, -0.05) is 32.4 Å². The molecule has 10 heteroatoms. The molecule has 1 fully saturated rings. The lowest BCUT2D eigenvalue weighted by Crippen LogP contribution is -2.52. The first kappa shape index (κ1) is 22.7. The van der Waals surface area contributed by atoms with Gasteiger partial charge in [0.1, 0.15) is 23.8 Å². The second-order valence-corrected chi connectivity index (χ2v) is 9.86. The van der Waals surface area contributed by atoms with Crippen LogP contribution >= 0.6 is 0 Å². The minimum atomic E-state index is -3.67. The van der Waals surface area contributed by atoms with E-state index in [9.17, 15) is 18.5 Å². The Hall–Kier alpha value is -3.45. The van der Waals surface area contributed by atoms with Crippen molar-refractivity contribution in [1.29, 1.82) is 5.26 Å². The topological polar surface area (TPSA) is 119 Å². The van der Waals surface area contributed by atoms with Crippen molar-refractivity contribution in [2.45, 2.75) is 31.2 Å². The molecular weight excluding hydrogens is 440 g/mol. The third-order valence-electron chi connectivity index (χ3n) is 6.16. The highest BCUT2D eigenvalue weighted by atomic mass is 32.2. The van der Waals surface area contributed by atoms with E-state index in [2.05, 4.69) is 20.8 Å². The molecule has 2 aliphatic heterocycles. The summed E-state index contributed by atoms with van der Waals surface area (Å²) in [5, 5.41) is 9.35. The summed E-state index contributed by atoms with van der Waals surface area (Å²) >= 11 is 0. The largest absolute Gasteiger partial charge is 0.352 e. The number of hydrogen-bond acceptors (Lipinski definition) is 7. The summed E-state index contributed by atoms with van der Waals surface area (Å²) in [6.45, 7) is 5.99. The molecule has 1 N–H and O–H groups in total. The predicted molar refractivity (Wildman–Crippen MR) is 124 cm³/mol. The molecule has 0 aliphatic carbocycles. The maximum Gasteiger partial charge on any atom is 0.263 e. The second kappa shape index (κ2) is 9.19.